The van der Waals surface area contributed by atoms with Gasteiger partial charge in [-0.05, 0) is 49.2 Å². The normalized spacial score (nSPS) is 10.8. The van der Waals surface area contributed by atoms with Crippen LogP contribution < -0.4 is 10.5 Å². The van der Waals surface area contributed by atoms with E-state index in [0.717, 1.165) is 33.5 Å². The summed E-state index contributed by atoms with van der Waals surface area (Å²) in [4.78, 5) is 4.43. The summed E-state index contributed by atoms with van der Waals surface area (Å²) in [6.07, 6.45) is 1.78. The molecule has 21 heavy (non-hydrogen) atoms. The van der Waals surface area contributed by atoms with Gasteiger partial charge in [-0.3, -0.25) is 4.98 Å². The zero-order valence-corrected chi connectivity index (χ0v) is 12.3. The van der Waals surface area contributed by atoms with Gasteiger partial charge in [0.2, 0.25) is 0 Å². The molecule has 0 spiro atoms. The quantitative estimate of drug-likeness (QED) is 0.736. The highest BCUT2D eigenvalue weighted by molar-refractivity contribution is 5.92. The van der Waals surface area contributed by atoms with E-state index in [1.807, 2.05) is 31.2 Å². The number of aryl methyl sites for hydroxylation is 2. The Labute approximate surface area is 124 Å². The van der Waals surface area contributed by atoms with Crippen LogP contribution in [0.5, 0.6) is 5.75 Å². The van der Waals surface area contributed by atoms with Crippen LogP contribution in [0.15, 0.2) is 48.7 Å². The molecule has 0 fully saturated rings. The monoisotopic (exact) mass is 278 g/mol. The van der Waals surface area contributed by atoms with Crippen LogP contribution in [0.25, 0.3) is 10.9 Å². The average molecular weight is 278 g/mol. The largest absolute Gasteiger partial charge is 0.489 e. The Morgan fingerprint density at radius 1 is 1.10 bits per heavy atom. The third kappa shape index (κ3) is 2.68. The molecule has 0 atom stereocenters. The Morgan fingerprint density at radius 3 is 2.81 bits per heavy atom. The number of hydrogen-bond acceptors (Lipinski definition) is 3. The number of nitrogens with zero attached hydrogens (tertiary/aromatic N) is 1. The standard InChI is InChI=1S/C18H18N2O/c1-12-5-6-13(2)17(10-12)21-11-14-7-8-16(19)15-4-3-9-20-18(14)15/h3-10H,11,19H2,1-2H3. The molecule has 1 aromatic heterocycles. The molecule has 0 saturated heterocycles. The first-order valence-electron chi connectivity index (χ1n) is 6.97. The van der Waals surface area contributed by atoms with Gasteiger partial charge in [-0.25, -0.2) is 0 Å². The van der Waals surface area contributed by atoms with Gasteiger partial charge >= 0.3 is 0 Å². The molecule has 2 aromatic carbocycles. The van der Waals surface area contributed by atoms with Crippen molar-refractivity contribution in [2.75, 3.05) is 5.73 Å². The van der Waals surface area contributed by atoms with Gasteiger partial charge in [-0.1, -0.05) is 18.2 Å². The van der Waals surface area contributed by atoms with Crippen molar-refractivity contribution in [3.8, 4) is 5.75 Å². The maximum absolute atomic E-state index is 6.00. The average Bonchev–Trinajstić information content (AvgIpc) is 2.50. The lowest BCUT2D eigenvalue weighted by Crippen LogP contribution is -2.00. The van der Waals surface area contributed by atoms with E-state index in [1.165, 1.54) is 5.56 Å². The second kappa shape index (κ2) is 5.44. The predicted molar refractivity (Wildman–Crippen MR) is 86.4 cm³/mol. The van der Waals surface area contributed by atoms with Crippen molar-refractivity contribution >= 4 is 16.6 Å². The Balaban J connectivity index is 1.92. The third-order valence-corrected chi connectivity index (χ3v) is 3.61. The summed E-state index contributed by atoms with van der Waals surface area (Å²) in [6.45, 7) is 4.60. The van der Waals surface area contributed by atoms with E-state index in [2.05, 4.69) is 30.1 Å². The fraction of sp³-hybridized carbons (Fsp3) is 0.167. The highest BCUT2D eigenvalue weighted by Crippen LogP contribution is 2.25. The van der Waals surface area contributed by atoms with Crippen LogP contribution >= 0.6 is 0 Å². The first kappa shape index (κ1) is 13.4. The highest BCUT2D eigenvalue weighted by atomic mass is 16.5. The summed E-state index contributed by atoms with van der Waals surface area (Å²) in [6, 6.07) is 14.0. The number of ether oxygens (including phenoxy) is 1. The molecule has 3 aromatic rings. The van der Waals surface area contributed by atoms with Gasteiger partial charge in [0, 0.05) is 22.8 Å². The van der Waals surface area contributed by atoms with Crippen molar-refractivity contribution in [1.82, 2.24) is 4.98 Å². The van der Waals surface area contributed by atoms with Gasteiger partial charge in [-0.15, -0.1) is 0 Å². The van der Waals surface area contributed by atoms with E-state index in [1.54, 1.807) is 6.20 Å². The topological polar surface area (TPSA) is 48.1 Å². The summed E-state index contributed by atoms with van der Waals surface area (Å²) in [5.41, 5.74) is 11.0. The number of nitrogens with two attached hydrogens (primary N) is 1. The molecule has 0 aliphatic rings. The molecule has 2 N–H and O–H groups in total. The van der Waals surface area contributed by atoms with Gasteiger partial charge in [0.15, 0.2) is 0 Å². The molecule has 0 amide bonds. The van der Waals surface area contributed by atoms with Crippen molar-refractivity contribution in [3.05, 3.63) is 65.4 Å². The molecular weight excluding hydrogens is 260 g/mol. The van der Waals surface area contributed by atoms with Gasteiger partial charge in [0.05, 0.1) is 5.52 Å². The number of pyridine rings is 1. The Hall–Kier alpha value is -2.55. The van der Waals surface area contributed by atoms with Crippen molar-refractivity contribution in [2.45, 2.75) is 20.5 Å². The van der Waals surface area contributed by atoms with Crippen LogP contribution in [0.2, 0.25) is 0 Å². The predicted octanol–water partition coefficient (Wildman–Crippen LogP) is 4.01. The summed E-state index contributed by atoms with van der Waals surface area (Å²) in [5, 5.41) is 0.972. The Kier molecular flexibility index (Phi) is 3.48. The summed E-state index contributed by atoms with van der Waals surface area (Å²) >= 11 is 0. The fourth-order valence-electron chi connectivity index (χ4n) is 2.39. The van der Waals surface area contributed by atoms with Gasteiger partial charge in [0.1, 0.15) is 12.4 Å². The van der Waals surface area contributed by atoms with E-state index in [-0.39, 0.29) is 0 Å². The number of hydrogen-bond donors (Lipinski definition) is 1. The zero-order chi connectivity index (χ0) is 14.8. The lowest BCUT2D eigenvalue weighted by molar-refractivity contribution is 0.305. The Morgan fingerprint density at radius 2 is 1.95 bits per heavy atom. The van der Waals surface area contributed by atoms with E-state index >= 15 is 0 Å². The number of nitrogen functional groups attached to an aromatic ring is 1. The van der Waals surface area contributed by atoms with Crippen LogP contribution in [0.1, 0.15) is 16.7 Å². The number of aromatic nitrogens is 1. The number of rotatable bonds is 3. The van der Waals surface area contributed by atoms with Crippen molar-refractivity contribution in [3.63, 3.8) is 0 Å². The van der Waals surface area contributed by atoms with E-state index in [0.29, 0.717) is 6.61 Å². The fourth-order valence-corrected chi connectivity index (χ4v) is 2.39. The lowest BCUT2D eigenvalue weighted by Gasteiger charge is -2.12. The molecule has 0 saturated carbocycles. The van der Waals surface area contributed by atoms with E-state index in [9.17, 15) is 0 Å². The Bertz CT molecular complexity index is 796. The van der Waals surface area contributed by atoms with Crippen molar-refractivity contribution in [1.29, 1.82) is 0 Å². The van der Waals surface area contributed by atoms with E-state index < -0.39 is 0 Å². The molecule has 0 bridgehead atoms. The van der Waals surface area contributed by atoms with Crippen LogP contribution in [0, 0.1) is 13.8 Å². The number of benzene rings is 2. The molecule has 0 unspecified atom stereocenters. The van der Waals surface area contributed by atoms with Gasteiger partial charge < -0.3 is 10.5 Å². The van der Waals surface area contributed by atoms with Crippen LogP contribution in [-0.4, -0.2) is 4.98 Å². The third-order valence-electron chi connectivity index (χ3n) is 3.61. The molecule has 1 heterocycles. The SMILES string of the molecule is Cc1ccc(C)c(OCc2ccc(N)c3cccnc23)c1. The van der Waals surface area contributed by atoms with Crippen molar-refractivity contribution in [2.24, 2.45) is 0 Å². The number of fused-ring (bicyclic) bond motifs is 1. The maximum atomic E-state index is 6.00. The second-order valence-electron chi connectivity index (χ2n) is 5.27. The first-order chi connectivity index (χ1) is 10.1. The minimum Gasteiger partial charge on any atom is -0.489 e. The van der Waals surface area contributed by atoms with E-state index in [4.69, 9.17) is 10.5 Å². The molecule has 3 heteroatoms. The summed E-state index contributed by atoms with van der Waals surface area (Å²) < 4.78 is 5.97. The first-order valence-corrected chi connectivity index (χ1v) is 6.97. The molecule has 106 valence electrons. The minimum atomic E-state index is 0.484. The summed E-state index contributed by atoms with van der Waals surface area (Å²) in [5.74, 6) is 0.913. The second-order valence-corrected chi connectivity index (χ2v) is 5.27. The van der Waals surface area contributed by atoms with Crippen LogP contribution in [0.4, 0.5) is 5.69 Å². The number of anilines is 1. The van der Waals surface area contributed by atoms with Crippen LogP contribution in [-0.2, 0) is 6.61 Å². The van der Waals surface area contributed by atoms with Crippen molar-refractivity contribution < 1.29 is 4.74 Å². The molecule has 0 aliphatic carbocycles. The van der Waals surface area contributed by atoms with Crippen LogP contribution in [0.3, 0.4) is 0 Å². The molecule has 0 radical (unpaired) electrons. The van der Waals surface area contributed by atoms with Gasteiger partial charge in [0.25, 0.3) is 0 Å². The highest BCUT2D eigenvalue weighted by Gasteiger charge is 2.07. The molecule has 3 rings (SSSR count). The lowest BCUT2D eigenvalue weighted by atomic mass is 10.1. The minimum absolute atomic E-state index is 0.484. The van der Waals surface area contributed by atoms with Gasteiger partial charge in [-0.2, -0.15) is 0 Å². The maximum Gasteiger partial charge on any atom is 0.122 e. The smallest absolute Gasteiger partial charge is 0.122 e. The summed E-state index contributed by atoms with van der Waals surface area (Å²) in [7, 11) is 0. The molecule has 3 nitrogen and oxygen atoms in total. The zero-order valence-electron chi connectivity index (χ0n) is 12.3. The molecule has 0 aliphatic heterocycles. The molecular formula is C18H18N2O.